The van der Waals surface area contributed by atoms with Crippen LogP contribution in [0.4, 0.5) is 5.69 Å². The van der Waals surface area contributed by atoms with Gasteiger partial charge in [-0.15, -0.1) is 11.3 Å². The molecule has 0 amide bonds. The molecule has 22 heavy (non-hydrogen) atoms. The van der Waals surface area contributed by atoms with E-state index < -0.39 is 10.0 Å². The smallest absolute Gasteiger partial charge is 0.271 e. The zero-order valence-corrected chi connectivity index (χ0v) is 13.7. The molecule has 0 atom stereocenters. The highest BCUT2D eigenvalue weighted by Crippen LogP contribution is 2.31. The van der Waals surface area contributed by atoms with E-state index in [1.807, 2.05) is 26.0 Å². The Morgan fingerprint density at radius 2 is 1.91 bits per heavy atom. The molecule has 0 unspecified atom stereocenters. The van der Waals surface area contributed by atoms with Crippen molar-refractivity contribution in [1.82, 2.24) is 5.16 Å². The van der Waals surface area contributed by atoms with Crippen LogP contribution in [0, 0.1) is 13.8 Å². The highest BCUT2D eigenvalue weighted by Gasteiger charge is 2.18. The van der Waals surface area contributed by atoms with Crippen molar-refractivity contribution in [3.63, 3.8) is 0 Å². The lowest BCUT2D eigenvalue weighted by atomic mass is 10.1. The quantitative estimate of drug-likeness (QED) is 0.787. The van der Waals surface area contributed by atoms with Crippen LogP contribution in [0.15, 0.2) is 51.3 Å². The molecule has 0 saturated heterocycles. The van der Waals surface area contributed by atoms with Crippen molar-refractivity contribution >= 4 is 27.0 Å². The van der Waals surface area contributed by atoms with Gasteiger partial charge in [0.25, 0.3) is 10.0 Å². The van der Waals surface area contributed by atoms with Crippen molar-refractivity contribution < 1.29 is 12.9 Å². The summed E-state index contributed by atoms with van der Waals surface area (Å²) in [6.45, 7) is 3.93. The number of benzene rings is 1. The number of hydrogen-bond acceptors (Lipinski definition) is 5. The Morgan fingerprint density at radius 3 is 2.59 bits per heavy atom. The summed E-state index contributed by atoms with van der Waals surface area (Å²) in [5, 5.41) is 3.62. The van der Waals surface area contributed by atoms with Crippen LogP contribution in [0.1, 0.15) is 11.1 Å². The van der Waals surface area contributed by atoms with E-state index in [1.165, 1.54) is 6.20 Å². The molecule has 2 aromatic heterocycles. The number of sulfonamides is 1. The van der Waals surface area contributed by atoms with Crippen LogP contribution in [-0.2, 0) is 10.0 Å². The van der Waals surface area contributed by atoms with E-state index >= 15 is 0 Å². The molecule has 2 heterocycles. The Hall–Kier alpha value is -2.12. The number of aryl methyl sites for hydroxylation is 2. The van der Waals surface area contributed by atoms with Gasteiger partial charge in [0.05, 0.1) is 11.1 Å². The summed E-state index contributed by atoms with van der Waals surface area (Å²) in [6.07, 6.45) is 1.52. The second kappa shape index (κ2) is 5.58. The van der Waals surface area contributed by atoms with Crippen LogP contribution in [-0.4, -0.2) is 13.6 Å². The van der Waals surface area contributed by atoms with Gasteiger partial charge in [-0.2, -0.15) is 0 Å². The highest BCUT2D eigenvalue weighted by atomic mass is 32.2. The van der Waals surface area contributed by atoms with Crippen LogP contribution in [0.5, 0.6) is 0 Å². The molecule has 3 aromatic rings. The lowest BCUT2D eigenvalue weighted by molar-refractivity contribution is 0.433. The molecule has 5 nitrogen and oxygen atoms in total. The first kappa shape index (κ1) is 14.8. The summed E-state index contributed by atoms with van der Waals surface area (Å²) < 4.78 is 32.7. The Labute approximate surface area is 132 Å². The van der Waals surface area contributed by atoms with E-state index in [0.29, 0.717) is 11.4 Å². The molecule has 0 aliphatic rings. The van der Waals surface area contributed by atoms with E-state index in [1.54, 1.807) is 24.3 Å². The van der Waals surface area contributed by atoms with Crippen LogP contribution >= 0.6 is 11.3 Å². The van der Waals surface area contributed by atoms with Crippen molar-refractivity contribution in [3.05, 3.63) is 53.7 Å². The normalized spacial score (nSPS) is 11.5. The first-order chi connectivity index (χ1) is 10.5. The zero-order chi connectivity index (χ0) is 15.7. The van der Waals surface area contributed by atoms with Gasteiger partial charge in [-0.05, 0) is 49.2 Å². The maximum atomic E-state index is 12.4. The highest BCUT2D eigenvalue weighted by molar-refractivity contribution is 7.94. The number of nitrogens with one attached hydrogen (secondary N) is 1. The molecule has 114 valence electrons. The third kappa shape index (κ3) is 2.90. The monoisotopic (exact) mass is 334 g/mol. The molecular formula is C15H14N2O3S2. The third-order valence-electron chi connectivity index (χ3n) is 3.29. The third-order valence-corrected chi connectivity index (χ3v) is 6.26. The van der Waals surface area contributed by atoms with Crippen molar-refractivity contribution in [1.29, 1.82) is 0 Å². The number of anilines is 1. The fourth-order valence-electron chi connectivity index (χ4n) is 1.95. The second-order valence-corrected chi connectivity index (χ2v) is 7.89. The van der Waals surface area contributed by atoms with E-state index in [2.05, 4.69) is 9.88 Å². The fraction of sp³-hybridized carbons (Fsp3) is 0.133. The van der Waals surface area contributed by atoms with Gasteiger partial charge in [-0.3, -0.25) is 4.72 Å². The van der Waals surface area contributed by atoms with Crippen LogP contribution < -0.4 is 4.72 Å². The maximum absolute atomic E-state index is 12.4. The molecule has 7 heteroatoms. The molecular weight excluding hydrogens is 320 g/mol. The molecule has 0 spiro atoms. The molecule has 0 radical (unpaired) electrons. The van der Waals surface area contributed by atoms with Gasteiger partial charge >= 0.3 is 0 Å². The average molecular weight is 334 g/mol. The molecule has 0 aliphatic carbocycles. The van der Waals surface area contributed by atoms with Gasteiger partial charge in [0.2, 0.25) is 0 Å². The van der Waals surface area contributed by atoms with E-state index in [0.717, 1.165) is 27.3 Å². The second-order valence-electron chi connectivity index (χ2n) is 4.90. The first-order valence-electron chi connectivity index (χ1n) is 6.57. The Morgan fingerprint density at radius 1 is 1.09 bits per heavy atom. The van der Waals surface area contributed by atoms with Gasteiger partial charge in [0, 0.05) is 11.8 Å². The number of rotatable bonds is 4. The molecule has 3 rings (SSSR count). The minimum absolute atomic E-state index is 0.233. The fourth-order valence-corrected chi connectivity index (χ4v) is 4.26. The summed E-state index contributed by atoms with van der Waals surface area (Å²) in [4.78, 5) is 0.720. The zero-order valence-electron chi connectivity index (χ0n) is 12.0. The summed E-state index contributed by atoms with van der Waals surface area (Å²) in [7, 11) is -3.61. The summed E-state index contributed by atoms with van der Waals surface area (Å²) in [5.74, 6) is 0.553. The van der Waals surface area contributed by atoms with Crippen LogP contribution in [0.2, 0.25) is 0 Å². The van der Waals surface area contributed by atoms with Gasteiger partial charge < -0.3 is 4.52 Å². The average Bonchev–Trinajstić information content (AvgIpc) is 3.12. The minimum Gasteiger partial charge on any atom is -0.355 e. The first-order valence-corrected chi connectivity index (χ1v) is 8.87. The molecule has 0 fully saturated rings. The van der Waals surface area contributed by atoms with Gasteiger partial charge in [0.15, 0.2) is 5.76 Å². The number of aromatic nitrogens is 1. The Balaban J connectivity index is 1.88. The van der Waals surface area contributed by atoms with Crippen molar-refractivity contribution in [2.75, 3.05) is 4.72 Å². The van der Waals surface area contributed by atoms with Gasteiger partial charge in [0.1, 0.15) is 4.21 Å². The van der Waals surface area contributed by atoms with Crippen LogP contribution in [0.25, 0.3) is 10.6 Å². The van der Waals surface area contributed by atoms with Crippen molar-refractivity contribution in [3.8, 4) is 10.6 Å². The minimum atomic E-state index is -3.61. The summed E-state index contributed by atoms with van der Waals surface area (Å²) in [5.41, 5.74) is 2.71. The Kier molecular flexibility index (Phi) is 3.76. The lowest BCUT2D eigenvalue weighted by Gasteiger charge is -2.08. The largest absolute Gasteiger partial charge is 0.355 e. The summed E-state index contributed by atoms with van der Waals surface area (Å²) in [6, 6.07) is 10.4. The molecule has 0 saturated carbocycles. The van der Waals surface area contributed by atoms with E-state index in [-0.39, 0.29) is 4.21 Å². The van der Waals surface area contributed by atoms with Crippen molar-refractivity contribution in [2.45, 2.75) is 18.1 Å². The SMILES string of the molecule is Cc1ccc(NS(=O)(=O)c2ccc(-c3ccno3)s2)cc1C. The topological polar surface area (TPSA) is 72.2 Å². The van der Waals surface area contributed by atoms with E-state index in [9.17, 15) is 8.42 Å². The summed E-state index contributed by atoms with van der Waals surface area (Å²) >= 11 is 1.14. The maximum Gasteiger partial charge on any atom is 0.271 e. The van der Waals surface area contributed by atoms with Crippen molar-refractivity contribution in [2.24, 2.45) is 0 Å². The lowest BCUT2D eigenvalue weighted by Crippen LogP contribution is -2.11. The molecule has 0 bridgehead atoms. The van der Waals surface area contributed by atoms with Crippen LogP contribution in [0.3, 0.4) is 0 Å². The molecule has 1 N–H and O–H groups in total. The number of hydrogen-bond donors (Lipinski definition) is 1. The standard InChI is InChI=1S/C15H14N2O3S2/c1-10-3-4-12(9-11(10)2)17-22(18,19)15-6-5-14(21-15)13-7-8-16-20-13/h3-9,17H,1-2H3. The predicted molar refractivity (Wildman–Crippen MR) is 86.5 cm³/mol. The van der Waals surface area contributed by atoms with Gasteiger partial charge in [-0.25, -0.2) is 8.42 Å². The van der Waals surface area contributed by atoms with Gasteiger partial charge in [-0.1, -0.05) is 11.2 Å². The molecule has 0 aliphatic heterocycles. The van der Waals surface area contributed by atoms with E-state index in [4.69, 9.17) is 4.52 Å². The molecule has 1 aromatic carbocycles. The number of thiophene rings is 1. The Bertz CT molecular complexity index is 897. The number of nitrogens with zero attached hydrogens (tertiary/aromatic N) is 1. The predicted octanol–water partition coefficient (Wildman–Crippen LogP) is 3.82.